The minimum Gasteiger partial charge on any atom is -0.369 e. The van der Waals surface area contributed by atoms with Gasteiger partial charge in [-0.15, -0.1) is 0 Å². The highest BCUT2D eigenvalue weighted by molar-refractivity contribution is 5.87. The number of aromatic nitrogens is 1. The fourth-order valence-corrected chi connectivity index (χ4v) is 3.22. The topological polar surface area (TPSA) is 85.4 Å². The van der Waals surface area contributed by atoms with Crippen molar-refractivity contribution in [2.45, 2.75) is 19.4 Å². The molecule has 0 radical (unpaired) electrons. The Morgan fingerprint density at radius 2 is 1.72 bits per heavy atom. The predicted octanol–water partition coefficient (Wildman–Crippen LogP) is 0.795. The van der Waals surface area contributed by atoms with Gasteiger partial charge in [-0.3, -0.25) is 14.4 Å². The first-order valence-electron chi connectivity index (χ1n) is 8.27. The highest BCUT2D eigenvalue weighted by Crippen LogP contribution is 2.34. The molecule has 2 heterocycles. The lowest BCUT2D eigenvalue weighted by Gasteiger charge is -2.48. The molecule has 0 unspecified atom stereocenters. The molecule has 1 aliphatic heterocycles. The monoisotopic (exact) mass is 339 g/mol. The van der Waals surface area contributed by atoms with E-state index in [9.17, 15) is 14.4 Å². The first-order valence-corrected chi connectivity index (χ1v) is 8.27. The molecule has 3 rings (SSSR count). The zero-order valence-electron chi connectivity index (χ0n) is 13.9. The summed E-state index contributed by atoms with van der Waals surface area (Å²) in [4.78, 5) is 37.6. The molecule has 0 spiro atoms. The van der Waals surface area contributed by atoms with Crippen LogP contribution in [0.5, 0.6) is 0 Å². The fourth-order valence-electron chi connectivity index (χ4n) is 3.22. The van der Waals surface area contributed by atoms with E-state index < -0.39 is 5.41 Å². The van der Waals surface area contributed by atoms with Crippen LogP contribution in [0.1, 0.15) is 12.0 Å². The average molecular weight is 339 g/mol. The van der Waals surface area contributed by atoms with Crippen molar-refractivity contribution >= 4 is 11.8 Å². The van der Waals surface area contributed by atoms with Crippen molar-refractivity contribution in [3.05, 3.63) is 70.6 Å². The van der Waals surface area contributed by atoms with Gasteiger partial charge >= 0.3 is 0 Å². The van der Waals surface area contributed by atoms with Gasteiger partial charge in [0, 0.05) is 38.3 Å². The Kier molecular flexibility index (Phi) is 4.70. The van der Waals surface area contributed by atoms with E-state index in [1.54, 1.807) is 23.2 Å². The first-order chi connectivity index (χ1) is 12.0. The molecule has 1 aromatic carbocycles. The quantitative estimate of drug-likeness (QED) is 0.844. The van der Waals surface area contributed by atoms with E-state index in [2.05, 4.69) is 0 Å². The van der Waals surface area contributed by atoms with Crippen LogP contribution in [0.15, 0.2) is 59.5 Å². The fraction of sp³-hybridized carbons (Fsp3) is 0.316. The minimum atomic E-state index is -0.694. The molecule has 0 aliphatic carbocycles. The Morgan fingerprint density at radius 1 is 1.04 bits per heavy atom. The number of amides is 2. The zero-order chi connectivity index (χ0) is 17.9. The predicted molar refractivity (Wildman–Crippen MR) is 93.7 cm³/mol. The lowest BCUT2D eigenvalue weighted by molar-refractivity contribution is -0.151. The molecular weight excluding hydrogens is 318 g/mol. The maximum Gasteiger partial charge on any atom is 0.250 e. The van der Waals surface area contributed by atoms with Gasteiger partial charge < -0.3 is 15.2 Å². The van der Waals surface area contributed by atoms with Crippen molar-refractivity contribution in [3.8, 4) is 0 Å². The third-order valence-electron chi connectivity index (χ3n) is 4.71. The lowest BCUT2D eigenvalue weighted by atomic mass is 9.74. The molecule has 130 valence electrons. The van der Waals surface area contributed by atoms with E-state index in [4.69, 9.17) is 5.73 Å². The summed E-state index contributed by atoms with van der Waals surface area (Å²) in [6.07, 6.45) is 2.42. The second-order valence-corrected chi connectivity index (χ2v) is 6.54. The van der Waals surface area contributed by atoms with E-state index in [0.717, 1.165) is 5.56 Å². The van der Waals surface area contributed by atoms with Crippen LogP contribution in [0, 0.1) is 5.41 Å². The molecule has 1 saturated heterocycles. The van der Waals surface area contributed by atoms with Crippen LogP contribution in [0.2, 0.25) is 0 Å². The average Bonchev–Trinajstić information content (AvgIpc) is 2.57. The number of hydrogen-bond acceptors (Lipinski definition) is 3. The Labute approximate surface area is 145 Å². The largest absolute Gasteiger partial charge is 0.369 e. The number of carbonyl (C=O) groups excluding carboxylic acids is 2. The van der Waals surface area contributed by atoms with Crippen molar-refractivity contribution in [3.63, 3.8) is 0 Å². The van der Waals surface area contributed by atoms with Crippen molar-refractivity contribution in [2.24, 2.45) is 11.1 Å². The molecule has 2 N–H and O–H groups in total. The summed E-state index contributed by atoms with van der Waals surface area (Å²) in [6.45, 7) is 0.997. The van der Waals surface area contributed by atoms with Gasteiger partial charge in [0.25, 0.3) is 5.56 Å². The minimum absolute atomic E-state index is 0.0688. The number of hydrogen-bond donors (Lipinski definition) is 1. The highest BCUT2D eigenvalue weighted by Gasteiger charge is 2.49. The van der Waals surface area contributed by atoms with Crippen LogP contribution in [0.4, 0.5) is 0 Å². The maximum atomic E-state index is 12.3. The molecule has 0 saturated carbocycles. The van der Waals surface area contributed by atoms with Crippen LogP contribution in [0.3, 0.4) is 0 Å². The number of nitrogens with zero attached hydrogens (tertiary/aromatic N) is 2. The number of primary amides is 1. The SMILES string of the molecule is NC(=O)C1(Cc2ccccc2)CN(C(=O)CCn2ccccc2=O)C1. The molecule has 6 heteroatoms. The van der Waals surface area contributed by atoms with Crippen LogP contribution in [0.25, 0.3) is 0 Å². The van der Waals surface area contributed by atoms with E-state index >= 15 is 0 Å². The molecule has 6 nitrogen and oxygen atoms in total. The van der Waals surface area contributed by atoms with E-state index in [-0.39, 0.29) is 23.8 Å². The van der Waals surface area contributed by atoms with E-state index in [1.807, 2.05) is 30.3 Å². The van der Waals surface area contributed by atoms with Crippen molar-refractivity contribution in [1.29, 1.82) is 0 Å². The second-order valence-electron chi connectivity index (χ2n) is 6.54. The van der Waals surface area contributed by atoms with E-state index in [1.165, 1.54) is 10.6 Å². The Hall–Kier alpha value is -2.89. The third-order valence-corrected chi connectivity index (χ3v) is 4.71. The number of pyridine rings is 1. The van der Waals surface area contributed by atoms with Gasteiger partial charge in [0.15, 0.2) is 0 Å². The Bertz CT molecular complexity index is 823. The molecular formula is C19H21N3O3. The van der Waals surface area contributed by atoms with Gasteiger partial charge in [-0.2, -0.15) is 0 Å². The summed E-state index contributed by atoms with van der Waals surface area (Å²) in [7, 11) is 0. The Morgan fingerprint density at radius 3 is 2.36 bits per heavy atom. The standard InChI is InChI=1S/C19H21N3O3/c20-18(25)19(12-15-6-2-1-3-7-15)13-22(14-19)17(24)9-11-21-10-5-4-8-16(21)23/h1-8,10H,9,11-14H2,(H2,20,25). The van der Waals surface area contributed by atoms with Crippen LogP contribution >= 0.6 is 0 Å². The number of aryl methyl sites for hydroxylation is 1. The zero-order valence-corrected chi connectivity index (χ0v) is 13.9. The highest BCUT2D eigenvalue weighted by atomic mass is 16.2. The number of carbonyl (C=O) groups is 2. The normalized spacial score (nSPS) is 15.4. The second kappa shape index (κ2) is 6.93. The number of nitrogens with two attached hydrogens (primary N) is 1. The molecule has 25 heavy (non-hydrogen) atoms. The summed E-state index contributed by atoms with van der Waals surface area (Å²) in [5, 5.41) is 0. The lowest BCUT2D eigenvalue weighted by Crippen LogP contribution is -2.65. The number of likely N-dealkylation sites (tertiary alicyclic amines) is 1. The van der Waals surface area contributed by atoms with Gasteiger partial charge in [0.2, 0.25) is 11.8 Å². The summed E-state index contributed by atoms with van der Waals surface area (Å²) in [5.74, 6) is -0.444. The molecule has 2 amide bonds. The maximum absolute atomic E-state index is 12.3. The molecule has 0 bridgehead atoms. The molecule has 1 aromatic heterocycles. The van der Waals surface area contributed by atoms with Gasteiger partial charge in [0.05, 0.1) is 5.41 Å². The third kappa shape index (κ3) is 3.63. The van der Waals surface area contributed by atoms with Crippen LogP contribution < -0.4 is 11.3 Å². The van der Waals surface area contributed by atoms with E-state index in [0.29, 0.717) is 26.1 Å². The van der Waals surface area contributed by atoms with Gasteiger partial charge in [-0.25, -0.2) is 0 Å². The van der Waals surface area contributed by atoms with Gasteiger partial charge in [-0.1, -0.05) is 36.4 Å². The first kappa shape index (κ1) is 17.0. The van der Waals surface area contributed by atoms with Crippen molar-refractivity contribution < 1.29 is 9.59 Å². The molecule has 2 aromatic rings. The summed E-state index contributed by atoms with van der Waals surface area (Å²) >= 11 is 0. The summed E-state index contributed by atoms with van der Waals surface area (Å²) in [6, 6.07) is 14.6. The molecule has 1 aliphatic rings. The molecule has 0 atom stereocenters. The van der Waals surface area contributed by atoms with Gasteiger partial charge in [0.1, 0.15) is 0 Å². The van der Waals surface area contributed by atoms with Crippen LogP contribution in [-0.4, -0.2) is 34.4 Å². The van der Waals surface area contributed by atoms with Crippen molar-refractivity contribution in [1.82, 2.24) is 9.47 Å². The molecule has 1 fully saturated rings. The van der Waals surface area contributed by atoms with Gasteiger partial charge in [-0.05, 0) is 18.1 Å². The smallest absolute Gasteiger partial charge is 0.250 e. The Balaban J connectivity index is 1.59. The number of rotatable bonds is 6. The van der Waals surface area contributed by atoms with Crippen LogP contribution in [-0.2, 0) is 22.6 Å². The van der Waals surface area contributed by atoms with Crippen molar-refractivity contribution in [2.75, 3.05) is 13.1 Å². The number of benzene rings is 1. The summed E-state index contributed by atoms with van der Waals surface area (Å²) in [5.41, 5.74) is 5.81. The summed E-state index contributed by atoms with van der Waals surface area (Å²) < 4.78 is 1.50.